The highest BCUT2D eigenvalue weighted by atomic mass is 35.5. The number of carbonyl (C=O) groups is 2. The van der Waals surface area contributed by atoms with Gasteiger partial charge in [0.05, 0.1) is 10.8 Å². The lowest BCUT2D eigenvalue weighted by atomic mass is 10.3. The molecule has 1 aliphatic carbocycles. The predicted octanol–water partition coefficient (Wildman–Crippen LogP) is 2.78. The van der Waals surface area contributed by atoms with E-state index in [1.165, 1.54) is 11.8 Å². The third kappa shape index (κ3) is 5.36. The molecule has 0 unspecified atom stereocenters. The number of carbonyl (C=O) groups excluding carboxylic acids is 2. The van der Waals surface area contributed by atoms with E-state index in [1.54, 1.807) is 19.1 Å². The highest BCUT2D eigenvalue weighted by molar-refractivity contribution is 7.99. The van der Waals surface area contributed by atoms with Gasteiger partial charge in [0.25, 0.3) is 0 Å². The Morgan fingerprint density at radius 2 is 2.11 bits per heavy atom. The lowest BCUT2D eigenvalue weighted by molar-refractivity contribution is -0.117. The molecule has 0 atom stereocenters. The van der Waals surface area contributed by atoms with Gasteiger partial charge in [0.2, 0.25) is 5.91 Å². The maximum absolute atomic E-state index is 11.9. The van der Waals surface area contributed by atoms with Crippen molar-refractivity contribution in [2.45, 2.75) is 37.6 Å². The first-order chi connectivity index (χ1) is 13.1. The van der Waals surface area contributed by atoms with Crippen molar-refractivity contribution in [3.8, 4) is 5.75 Å². The average Bonchev–Trinajstić information content (AvgIpc) is 3.40. The van der Waals surface area contributed by atoms with Crippen LogP contribution in [0, 0.1) is 0 Å². The molecule has 10 heteroatoms. The maximum atomic E-state index is 11.9. The fraction of sp³-hybridized carbons (Fsp3) is 0.412. The number of benzene rings is 1. The highest BCUT2D eigenvalue weighted by Crippen LogP contribution is 2.39. The number of amides is 3. The van der Waals surface area contributed by atoms with Crippen molar-refractivity contribution in [3.63, 3.8) is 0 Å². The molecule has 3 amide bonds. The largest absolute Gasteiger partial charge is 0.484 e. The van der Waals surface area contributed by atoms with Crippen molar-refractivity contribution < 1.29 is 14.3 Å². The van der Waals surface area contributed by atoms with E-state index in [4.69, 9.17) is 16.3 Å². The molecule has 0 bridgehead atoms. The fourth-order valence-corrected chi connectivity index (χ4v) is 3.42. The summed E-state index contributed by atoms with van der Waals surface area (Å²) in [6.45, 7) is 2.47. The Bertz CT molecular complexity index is 825. The molecule has 3 rings (SSSR count). The minimum Gasteiger partial charge on any atom is -0.484 e. The van der Waals surface area contributed by atoms with Crippen LogP contribution in [0.2, 0.25) is 5.02 Å². The summed E-state index contributed by atoms with van der Waals surface area (Å²) in [5.74, 6) is 0.960. The van der Waals surface area contributed by atoms with Gasteiger partial charge in [0.15, 0.2) is 11.0 Å². The van der Waals surface area contributed by atoms with Crippen LogP contribution in [0.5, 0.6) is 5.75 Å². The number of nitrogens with one attached hydrogen (secondary N) is 2. The van der Waals surface area contributed by atoms with Crippen molar-refractivity contribution in [1.29, 1.82) is 0 Å². The van der Waals surface area contributed by atoms with Crippen molar-refractivity contribution in [3.05, 3.63) is 35.1 Å². The summed E-state index contributed by atoms with van der Waals surface area (Å²) < 4.78 is 7.76. The molecule has 0 radical (unpaired) electrons. The first-order valence-electron chi connectivity index (χ1n) is 8.60. The summed E-state index contributed by atoms with van der Waals surface area (Å²) in [6, 6.07) is 7.06. The number of hydrogen-bond donors (Lipinski definition) is 2. The number of aromatic nitrogens is 3. The number of nitrogens with zero attached hydrogens (tertiary/aromatic N) is 3. The Balaban J connectivity index is 1.61. The molecular formula is C17H20ClN5O3S. The fourth-order valence-electron chi connectivity index (χ4n) is 2.41. The number of halogens is 1. The monoisotopic (exact) mass is 409 g/mol. The molecule has 1 saturated carbocycles. The van der Waals surface area contributed by atoms with E-state index in [2.05, 4.69) is 20.8 Å². The third-order valence-corrected chi connectivity index (χ3v) is 5.02. The molecule has 1 heterocycles. The molecule has 8 nitrogen and oxygen atoms in total. The summed E-state index contributed by atoms with van der Waals surface area (Å²) in [5, 5.41) is 14.3. The van der Waals surface area contributed by atoms with E-state index in [1.807, 2.05) is 16.7 Å². The van der Waals surface area contributed by atoms with Crippen LogP contribution in [-0.2, 0) is 11.4 Å². The number of imide groups is 1. The van der Waals surface area contributed by atoms with Gasteiger partial charge in [-0.05, 0) is 31.9 Å². The summed E-state index contributed by atoms with van der Waals surface area (Å²) in [4.78, 5) is 23.3. The molecule has 1 aromatic carbocycles. The Hall–Kier alpha value is -2.26. The second-order valence-corrected chi connectivity index (χ2v) is 7.27. The van der Waals surface area contributed by atoms with E-state index >= 15 is 0 Å². The van der Waals surface area contributed by atoms with E-state index in [9.17, 15) is 9.59 Å². The van der Waals surface area contributed by atoms with Crippen LogP contribution in [0.4, 0.5) is 4.79 Å². The molecule has 1 aliphatic rings. The molecule has 1 aromatic heterocycles. The Labute approximate surface area is 166 Å². The zero-order valence-electron chi connectivity index (χ0n) is 14.8. The van der Waals surface area contributed by atoms with Crippen LogP contribution < -0.4 is 15.4 Å². The molecular weight excluding hydrogens is 390 g/mol. The number of hydrogen-bond acceptors (Lipinski definition) is 6. The molecule has 27 heavy (non-hydrogen) atoms. The SMILES string of the molecule is CCNC(=O)NC(=O)CSc1nnc(COc2ccccc2Cl)n1C1CC1. The molecule has 0 spiro atoms. The zero-order valence-corrected chi connectivity index (χ0v) is 16.3. The molecule has 2 N–H and O–H groups in total. The smallest absolute Gasteiger partial charge is 0.321 e. The van der Waals surface area contributed by atoms with Crippen molar-refractivity contribution in [2.24, 2.45) is 0 Å². The van der Waals surface area contributed by atoms with Gasteiger partial charge < -0.3 is 10.1 Å². The molecule has 1 fully saturated rings. The minimum absolute atomic E-state index is 0.0767. The predicted molar refractivity (Wildman–Crippen MR) is 102 cm³/mol. The Morgan fingerprint density at radius 1 is 1.33 bits per heavy atom. The standard InChI is InChI=1S/C17H20ClN5O3S/c1-2-19-16(25)20-15(24)10-27-17-22-21-14(23(17)11-7-8-11)9-26-13-6-4-3-5-12(13)18/h3-6,11H,2,7-10H2,1H3,(H2,19,20,24,25). The van der Waals surface area contributed by atoms with Gasteiger partial charge in [-0.25, -0.2) is 4.79 Å². The van der Waals surface area contributed by atoms with Crippen LogP contribution >= 0.6 is 23.4 Å². The van der Waals surface area contributed by atoms with Crippen molar-refractivity contribution >= 4 is 35.3 Å². The Kier molecular flexibility index (Phi) is 6.57. The van der Waals surface area contributed by atoms with Gasteiger partial charge in [-0.2, -0.15) is 0 Å². The van der Waals surface area contributed by atoms with E-state index in [0.29, 0.717) is 34.3 Å². The zero-order chi connectivity index (χ0) is 19.2. The normalized spacial score (nSPS) is 13.3. The lowest BCUT2D eigenvalue weighted by Crippen LogP contribution is -2.40. The van der Waals surface area contributed by atoms with Crippen LogP contribution in [0.3, 0.4) is 0 Å². The van der Waals surface area contributed by atoms with Gasteiger partial charge in [0, 0.05) is 12.6 Å². The summed E-state index contributed by atoms with van der Waals surface area (Å²) in [7, 11) is 0. The van der Waals surface area contributed by atoms with Gasteiger partial charge in [-0.3, -0.25) is 14.7 Å². The molecule has 0 aliphatic heterocycles. The minimum atomic E-state index is -0.499. The van der Waals surface area contributed by atoms with Crippen LogP contribution in [0.1, 0.15) is 31.6 Å². The summed E-state index contributed by atoms with van der Waals surface area (Å²) in [6.07, 6.45) is 2.07. The third-order valence-electron chi connectivity index (χ3n) is 3.76. The van der Waals surface area contributed by atoms with Gasteiger partial charge in [0.1, 0.15) is 12.4 Å². The molecule has 0 saturated heterocycles. The molecule has 144 valence electrons. The quantitative estimate of drug-likeness (QED) is 0.650. The topological polar surface area (TPSA) is 98.1 Å². The van der Waals surface area contributed by atoms with Gasteiger partial charge in [-0.1, -0.05) is 35.5 Å². The summed E-state index contributed by atoms with van der Waals surface area (Å²) in [5.41, 5.74) is 0. The number of para-hydroxylation sites is 1. The Morgan fingerprint density at radius 3 is 2.81 bits per heavy atom. The average molecular weight is 410 g/mol. The first kappa shape index (κ1) is 19.5. The first-order valence-corrected chi connectivity index (χ1v) is 9.96. The lowest BCUT2D eigenvalue weighted by Gasteiger charge is -2.10. The maximum Gasteiger partial charge on any atom is 0.321 e. The molecule has 2 aromatic rings. The van der Waals surface area contributed by atoms with E-state index in [-0.39, 0.29) is 18.3 Å². The van der Waals surface area contributed by atoms with Gasteiger partial charge >= 0.3 is 6.03 Å². The number of rotatable bonds is 8. The van der Waals surface area contributed by atoms with Crippen molar-refractivity contribution in [1.82, 2.24) is 25.4 Å². The second-order valence-electron chi connectivity index (χ2n) is 5.92. The van der Waals surface area contributed by atoms with Crippen LogP contribution in [0.25, 0.3) is 0 Å². The van der Waals surface area contributed by atoms with E-state index in [0.717, 1.165) is 12.8 Å². The summed E-state index contributed by atoms with van der Waals surface area (Å²) >= 11 is 7.35. The van der Waals surface area contributed by atoms with Gasteiger partial charge in [-0.15, -0.1) is 10.2 Å². The van der Waals surface area contributed by atoms with Crippen LogP contribution in [0.15, 0.2) is 29.4 Å². The van der Waals surface area contributed by atoms with E-state index < -0.39 is 6.03 Å². The van der Waals surface area contributed by atoms with Crippen molar-refractivity contribution in [2.75, 3.05) is 12.3 Å². The highest BCUT2D eigenvalue weighted by Gasteiger charge is 2.30. The second kappa shape index (κ2) is 9.09. The van der Waals surface area contributed by atoms with Crippen LogP contribution in [-0.4, -0.2) is 39.0 Å². The number of urea groups is 1. The number of ether oxygens (including phenoxy) is 1. The number of thioether (sulfide) groups is 1.